The van der Waals surface area contributed by atoms with Crippen molar-refractivity contribution < 1.29 is 9.53 Å². The van der Waals surface area contributed by atoms with E-state index >= 15 is 0 Å². The molecule has 1 aliphatic heterocycles. The highest BCUT2D eigenvalue weighted by Gasteiger charge is 2.20. The van der Waals surface area contributed by atoms with E-state index in [0.717, 1.165) is 37.1 Å². The molecule has 0 saturated carbocycles. The molecule has 4 rings (SSSR count). The van der Waals surface area contributed by atoms with Crippen molar-refractivity contribution in [3.05, 3.63) is 52.2 Å². The fraction of sp³-hybridized carbons (Fsp3) is 0.368. The van der Waals surface area contributed by atoms with E-state index in [0.29, 0.717) is 17.3 Å². The van der Waals surface area contributed by atoms with Gasteiger partial charge in [0.25, 0.3) is 5.91 Å². The number of nitrogens with zero attached hydrogens (tertiary/aromatic N) is 1. The van der Waals surface area contributed by atoms with Crippen LogP contribution in [0.3, 0.4) is 0 Å². The van der Waals surface area contributed by atoms with Crippen LogP contribution in [0.25, 0.3) is 10.9 Å². The van der Waals surface area contributed by atoms with Crippen molar-refractivity contribution in [1.29, 1.82) is 0 Å². The summed E-state index contributed by atoms with van der Waals surface area (Å²) in [5.41, 5.74) is 4.92. The number of hydrogen-bond donors (Lipinski definition) is 2. The number of rotatable bonds is 4. The van der Waals surface area contributed by atoms with E-state index in [4.69, 9.17) is 4.74 Å². The summed E-state index contributed by atoms with van der Waals surface area (Å²) < 4.78 is 9.45. The first-order valence-corrected chi connectivity index (χ1v) is 9.37. The zero-order valence-corrected chi connectivity index (χ0v) is 15.0. The van der Waals surface area contributed by atoms with Crippen LogP contribution in [0.5, 0.6) is 0 Å². The molecule has 25 heavy (non-hydrogen) atoms. The highest BCUT2D eigenvalue weighted by Crippen LogP contribution is 2.33. The number of benzene rings is 1. The van der Waals surface area contributed by atoms with Gasteiger partial charge in [0.05, 0.1) is 0 Å². The zero-order chi connectivity index (χ0) is 17.2. The molecule has 130 valence electrons. The van der Waals surface area contributed by atoms with Crippen molar-refractivity contribution in [2.24, 2.45) is 0 Å². The Morgan fingerprint density at radius 2 is 2.20 bits per heavy atom. The van der Waals surface area contributed by atoms with Crippen LogP contribution in [0.4, 0.5) is 0 Å². The lowest BCUT2D eigenvalue weighted by Crippen LogP contribution is -2.21. The van der Waals surface area contributed by atoms with Gasteiger partial charge in [0.2, 0.25) is 0 Å². The summed E-state index contributed by atoms with van der Waals surface area (Å²) >= 11 is 1.21. The zero-order valence-electron chi connectivity index (χ0n) is 14.2. The summed E-state index contributed by atoms with van der Waals surface area (Å²) in [6.07, 6.45) is 3.80. The fourth-order valence-electron chi connectivity index (χ4n) is 3.50. The number of nitrogens with one attached hydrogen (secondary N) is 2. The molecule has 6 heteroatoms. The molecule has 0 spiro atoms. The van der Waals surface area contributed by atoms with Gasteiger partial charge in [-0.05, 0) is 60.6 Å². The number of aryl methyl sites for hydroxylation is 1. The van der Waals surface area contributed by atoms with E-state index in [9.17, 15) is 4.79 Å². The summed E-state index contributed by atoms with van der Waals surface area (Å²) in [5.74, 6) is 0.479. The largest absolute Gasteiger partial charge is 0.381 e. The summed E-state index contributed by atoms with van der Waals surface area (Å²) in [5, 5.41) is 4.20. The lowest BCUT2D eigenvalue weighted by Gasteiger charge is -2.21. The van der Waals surface area contributed by atoms with Crippen molar-refractivity contribution in [2.45, 2.75) is 32.2 Å². The molecule has 0 aliphatic carbocycles. The molecule has 1 saturated heterocycles. The lowest BCUT2D eigenvalue weighted by atomic mass is 9.93. The molecule has 1 aromatic carbocycles. The number of ether oxygens (including phenoxy) is 1. The third-order valence-electron chi connectivity index (χ3n) is 4.91. The molecule has 0 unspecified atom stereocenters. The Labute approximate surface area is 150 Å². The van der Waals surface area contributed by atoms with Gasteiger partial charge in [0.15, 0.2) is 0 Å². The van der Waals surface area contributed by atoms with Gasteiger partial charge < -0.3 is 15.0 Å². The Morgan fingerprint density at radius 3 is 2.96 bits per heavy atom. The number of hydrogen-bond acceptors (Lipinski definition) is 4. The average Bonchev–Trinajstić information content (AvgIpc) is 3.29. The second-order valence-electron chi connectivity index (χ2n) is 6.49. The smallest absolute Gasteiger partial charge is 0.263 e. The minimum Gasteiger partial charge on any atom is -0.381 e. The first-order chi connectivity index (χ1) is 12.2. The Morgan fingerprint density at radius 1 is 1.36 bits per heavy atom. The molecule has 1 fully saturated rings. The number of H-pyrrole nitrogens is 1. The molecule has 0 radical (unpaired) electrons. The number of carbonyl (C=O) groups excluding carboxylic acids is 1. The molecule has 0 bridgehead atoms. The summed E-state index contributed by atoms with van der Waals surface area (Å²) in [4.78, 5) is 16.3. The standard InChI is InChI=1S/C19H21N3O2S/c1-12-15-10-13(11-20-19(23)17-4-7-21-25-17)2-3-16(15)22-18(12)14-5-8-24-9-6-14/h2-4,7,10,14,22H,5-6,8-9,11H2,1H3,(H,20,23). The molecule has 0 atom stereocenters. The van der Waals surface area contributed by atoms with Crippen LogP contribution in [0.1, 0.15) is 45.3 Å². The molecule has 1 aliphatic rings. The topological polar surface area (TPSA) is 67.0 Å². The molecule has 3 aromatic rings. The quantitative estimate of drug-likeness (QED) is 0.749. The van der Waals surface area contributed by atoms with Gasteiger partial charge in [-0.3, -0.25) is 4.79 Å². The van der Waals surface area contributed by atoms with Crippen molar-refractivity contribution in [3.63, 3.8) is 0 Å². The normalized spacial score (nSPS) is 15.6. The lowest BCUT2D eigenvalue weighted by molar-refractivity contribution is 0.0845. The van der Waals surface area contributed by atoms with E-state index in [1.165, 1.54) is 28.2 Å². The minimum atomic E-state index is -0.0729. The minimum absolute atomic E-state index is 0.0729. The summed E-state index contributed by atoms with van der Waals surface area (Å²) in [6.45, 7) is 4.38. The van der Waals surface area contributed by atoms with Crippen LogP contribution in [-0.4, -0.2) is 28.5 Å². The predicted octanol–water partition coefficient (Wildman–Crippen LogP) is 3.76. The SMILES string of the molecule is Cc1c(C2CCOCC2)[nH]c2ccc(CNC(=O)c3ccns3)cc12. The first kappa shape index (κ1) is 16.3. The van der Waals surface area contributed by atoms with Gasteiger partial charge in [-0.1, -0.05) is 6.07 Å². The van der Waals surface area contributed by atoms with Gasteiger partial charge in [-0.2, -0.15) is 0 Å². The van der Waals surface area contributed by atoms with Gasteiger partial charge in [-0.15, -0.1) is 0 Å². The highest BCUT2D eigenvalue weighted by molar-refractivity contribution is 7.08. The molecule has 2 aromatic heterocycles. The highest BCUT2D eigenvalue weighted by atomic mass is 32.1. The van der Waals surface area contributed by atoms with Gasteiger partial charge >= 0.3 is 0 Å². The van der Waals surface area contributed by atoms with Crippen molar-refractivity contribution in [1.82, 2.24) is 14.7 Å². The number of carbonyl (C=O) groups is 1. The van der Waals surface area contributed by atoms with Gasteiger partial charge in [0, 0.05) is 48.5 Å². The third-order valence-corrected chi connectivity index (χ3v) is 5.65. The van der Waals surface area contributed by atoms with E-state index in [1.807, 2.05) is 0 Å². The third kappa shape index (κ3) is 3.32. The molecular weight excluding hydrogens is 334 g/mol. The Hall–Kier alpha value is -2.18. The average molecular weight is 355 g/mol. The second kappa shape index (κ2) is 6.98. The maximum atomic E-state index is 12.1. The molecule has 2 N–H and O–H groups in total. The van der Waals surface area contributed by atoms with Crippen molar-refractivity contribution in [2.75, 3.05) is 13.2 Å². The Kier molecular flexibility index (Phi) is 4.55. The first-order valence-electron chi connectivity index (χ1n) is 8.60. The molecule has 3 heterocycles. The number of aromatic nitrogens is 2. The van der Waals surface area contributed by atoms with Crippen LogP contribution < -0.4 is 5.32 Å². The fourth-order valence-corrected chi connectivity index (χ4v) is 4.01. The van der Waals surface area contributed by atoms with Crippen LogP contribution in [0, 0.1) is 6.92 Å². The Bertz CT molecular complexity index is 880. The number of aromatic amines is 1. The number of fused-ring (bicyclic) bond motifs is 1. The molecular formula is C19H21N3O2S. The molecule has 5 nitrogen and oxygen atoms in total. The van der Waals surface area contributed by atoms with Crippen molar-refractivity contribution >= 4 is 28.3 Å². The van der Waals surface area contributed by atoms with Crippen molar-refractivity contribution in [3.8, 4) is 0 Å². The van der Waals surface area contributed by atoms with Gasteiger partial charge in [0.1, 0.15) is 4.88 Å². The summed E-state index contributed by atoms with van der Waals surface area (Å²) in [7, 11) is 0. The summed E-state index contributed by atoms with van der Waals surface area (Å²) in [6, 6.07) is 8.09. The predicted molar refractivity (Wildman–Crippen MR) is 99.1 cm³/mol. The maximum absolute atomic E-state index is 12.1. The maximum Gasteiger partial charge on any atom is 0.263 e. The number of amides is 1. The second-order valence-corrected chi connectivity index (χ2v) is 7.32. The molecule has 1 amide bonds. The van der Waals surface area contributed by atoms with Crippen LogP contribution in [-0.2, 0) is 11.3 Å². The van der Waals surface area contributed by atoms with Crippen LogP contribution >= 0.6 is 11.5 Å². The van der Waals surface area contributed by atoms with E-state index in [-0.39, 0.29) is 5.91 Å². The van der Waals surface area contributed by atoms with E-state index in [1.54, 1.807) is 12.3 Å². The van der Waals surface area contributed by atoms with Gasteiger partial charge in [-0.25, -0.2) is 4.37 Å². The van der Waals surface area contributed by atoms with Crippen LogP contribution in [0.15, 0.2) is 30.5 Å². The van der Waals surface area contributed by atoms with E-state index < -0.39 is 0 Å². The monoisotopic (exact) mass is 355 g/mol. The van der Waals surface area contributed by atoms with Crippen LogP contribution in [0.2, 0.25) is 0 Å². The Balaban J connectivity index is 1.53. The van der Waals surface area contributed by atoms with E-state index in [2.05, 4.69) is 39.8 Å².